The molecule has 0 radical (unpaired) electrons. The van der Waals surface area contributed by atoms with E-state index in [0.29, 0.717) is 12.0 Å². The first-order valence-corrected chi connectivity index (χ1v) is 8.21. The van der Waals surface area contributed by atoms with E-state index in [1.807, 2.05) is 23.9 Å². The van der Waals surface area contributed by atoms with Crippen molar-refractivity contribution < 1.29 is 0 Å². The highest BCUT2D eigenvalue weighted by molar-refractivity contribution is 7.99. The Kier molecular flexibility index (Phi) is 3.44. The summed E-state index contributed by atoms with van der Waals surface area (Å²) in [7, 11) is 0. The molecule has 102 valence electrons. The molecule has 0 bridgehead atoms. The number of benzene rings is 1. The van der Waals surface area contributed by atoms with Gasteiger partial charge in [0.25, 0.3) is 0 Å². The van der Waals surface area contributed by atoms with E-state index in [4.69, 9.17) is 10.7 Å². The molecule has 0 amide bonds. The van der Waals surface area contributed by atoms with Gasteiger partial charge in [-0.05, 0) is 43.7 Å². The van der Waals surface area contributed by atoms with Crippen molar-refractivity contribution in [2.45, 2.75) is 38.6 Å². The van der Waals surface area contributed by atoms with Crippen molar-refractivity contribution in [1.29, 1.82) is 0 Å². The van der Waals surface area contributed by atoms with Crippen LogP contribution in [-0.4, -0.2) is 21.1 Å². The molecule has 1 aliphatic carbocycles. The molecule has 1 unspecified atom stereocenters. The van der Waals surface area contributed by atoms with Gasteiger partial charge in [0.05, 0.1) is 11.0 Å². The Hall–Kier alpha value is -1.16. The molecule has 1 heterocycles. The third kappa shape index (κ3) is 2.46. The van der Waals surface area contributed by atoms with E-state index in [0.717, 1.165) is 17.0 Å². The first-order chi connectivity index (χ1) is 9.20. The highest BCUT2D eigenvalue weighted by Crippen LogP contribution is 2.42. The summed E-state index contributed by atoms with van der Waals surface area (Å²) in [5.41, 5.74) is 8.97. The zero-order chi connectivity index (χ0) is 13.4. The number of hydrogen-bond donors (Lipinski definition) is 1. The van der Waals surface area contributed by atoms with Gasteiger partial charge in [0, 0.05) is 23.4 Å². The molecule has 4 heteroatoms. The molecule has 3 nitrogen and oxygen atoms in total. The number of aromatic nitrogens is 2. The average molecular weight is 275 g/mol. The summed E-state index contributed by atoms with van der Waals surface area (Å²) in [5.74, 6) is 4.25. The van der Waals surface area contributed by atoms with Crippen LogP contribution in [0.2, 0.25) is 0 Å². The fourth-order valence-corrected chi connectivity index (χ4v) is 3.32. The molecule has 3 rings (SSSR count). The van der Waals surface area contributed by atoms with E-state index < -0.39 is 0 Å². The number of nitrogen functional groups attached to an aromatic ring is 1. The van der Waals surface area contributed by atoms with Gasteiger partial charge in [0.15, 0.2) is 0 Å². The molecule has 0 saturated heterocycles. The molecule has 2 N–H and O–H groups in total. The lowest BCUT2D eigenvalue weighted by Gasteiger charge is -2.17. The predicted molar refractivity (Wildman–Crippen MR) is 83.8 cm³/mol. The third-order valence-corrected chi connectivity index (χ3v) is 4.81. The number of imidazole rings is 1. The number of nitrogens with zero attached hydrogens (tertiary/aromatic N) is 2. The molecule has 19 heavy (non-hydrogen) atoms. The summed E-state index contributed by atoms with van der Waals surface area (Å²) in [6, 6.07) is 6.60. The van der Waals surface area contributed by atoms with Gasteiger partial charge in [-0.3, -0.25) is 0 Å². The Morgan fingerprint density at radius 1 is 1.47 bits per heavy atom. The molecule has 1 aliphatic rings. The molecular weight excluding hydrogens is 254 g/mol. The Labute approximate surface area is 118 Å². The lowest BCUT2D eigenvalue weighted by molar-refractivity contribution is 0.594. The molecule has 0 spiro atoms. The minimum atomic E-state index is 0.495. The van der Waals surface area contributed by atoms with Gasteiger partial charge in [0.2, 0.25) is 0 Å². The van der Waals surface area contributed by atoms with Crippen LogP contribution in [0.5, 0.6) is 0 Å². The molecular formula is C15H21N3S. The van der Waals surface area contributed by atoms with Crippen molar-refractivity contribution in [3.63, 3.8) is 0 Å². The minimum Gasteiger partial charge on any atom is -0.399 e. The molecule has 1 aromatic heterocycles. The zero-order valence-electron chi connectivity index (χ0n) is 11.6. The van der Waals surface area contributed by atoms with E-state index in [1.165, 1.54) is 29.9 Å². The maximum atomic E-state index is 5.88. The number of rotatable bonds is 5. The van der Waals surface area contributed by atoms with E-state index >= 15 is 0 Å². The first kappa shape index (κ1) is 12.9. The summed E-state index contributed by atoms with van der Waals surface area (Å²) >= 11 is 1.99. The van der Waals surface area contributed by atoms with Crippen LogP contribution >= 0.6 is 11.8 Å². The Morgan fingerprint density at radius 3 is 2.95 bits per heavy atom. The van der Waals surface area contributed by atoms with E-state index in [1.54, 1.807) is 0 Å². The monoisotopic (exact) mass is 275 g/mol. The van der Waals surface area contributed by atoms with E-state index in [9.17, 15) is 0 Å². The van der Waals surface area contributed by atoms with Crippen LogP contribution in [0, 0.1) is 0 Å². The fourth-order valence-electron chi connectivity index (χ4n) is 2.59. The van der Waals surface area contributed by atoms with Gasteiger partial charge < -0.3 is 10.3 Å². The molecule has 1 atom stereocenters. The Balaban J connectivity index is 2.05. The third-order valence-electron chi connectivity index (χ3n) is 3.69. The SMILES string of the molecule is CCSCC(C)n1c(C2CC2)nc2cc(N)ccc21. The van der Waals surface area contributed by atoms with Crippen molar-refractivity contribution in [2.24, 2.45) is 0 Å². The fraction of sp³-hybridized carbons (Fsp3) is 0.533. The van der Waals surface area contributed by atoms with Gasteiger partial charge in [-0.15, -0.1) is 0 Å². The normalized spacial score (nSPS) is 16.9. The van der Waals surface area contributed by atoms with Gasteiger partial charge in [-0.2, -0.15) is 11.8 Å². The van der Waals surface area contributed by atoms with Gasteiger partial charge in [0.1, 0.15) is 5.82 Å². The summed E-state index contributed by atoms with van der Waals surface area (Å²) < 4.78 is 2.44. The smallest absolute Gasteiger partial charge is 0.113 e. The maximum absolute atomic E-state index is 5.88. The van der Waals surface area contributed by atoms with Gasteiger partial charge >= 0.3 is 0 Å². The second-order valence-electron chi connectivity index (χ2n) is 5.37. The molecule has 1 saturated carbocycles. The van der Waals surface area contributed by atoms with Crippen LogP contribution in [0.4, 0.5) is 5.69 Å². The van der Waals surface area contributed by atoms with Crippen LogP contribution in [0.25, 0.3) is 11.0 Å². The van der Waals surface area contributed by atoms with Crippen molar-refractivity contribution >= 4 is 28.5 Å². The first-order valence-electron chi connectivity index (χ1n) is 7.05. The summed E-state index contributed by atoms with van der Waals surface area (Å²) in [6.45, 7) is 4.51. The molecule has 2 aromatic rings. The van der Waals surface area contributed by atoms with Crippen LogP contribution in [0.1, 0.15) is 44.5 Å². The van der Waals surface area contributed by atoms with Crippen LogP contribution < -0.4 is 5.73 Å². The van der Waals surface area contributed by atoms with E-state index in [-0.39, 0.29) is 0 Å². The predicted octanol–water partition coefficient (Wildman–Crippen LogP) is 3.81. The van der Waals surface area contributed by atoms with Crippen LogP contribution in [0.3, 0.4) is 0 Å². The van der Waals surface area contributed by atoms with Crippen LogP contribution in [-0.2, 0) is 0 Å². The van der Waals surface area contributed by atoms with Crippen molar-refractivity contribution in [3.8, 4) is 0 Å². The number of anilines is 1. The highest BCUT2D eigenvalue weighted by Gasteiger charge is 2.30. The summed E-state index contributed by atoms with van der Waals surface area (Å²) in [5, 5.41) is 0. The van der Waals surface area contributed by atoms with E-state index in [2.05, 4.69) is 24.5 Å². The Bertz CT molecular complexity index is 586. The van der Waals surface area contributed by atoms with Crippen molar-refractivity contribution in [1.82, 2.24) is 9.55 Å². The lowest BCUT2D eigenvalue weighted by Crippen LogP contribution is -2.11. The second kappa shape index (κ2) is 5.08. The van der Waals surface area contributed by atoms with Crippen molar-refractivity contribution in [2.75, 3.05) is 17.2 Å². The minimum absolute atomic E-state index is 0.495. The van der Waals surface area contributed by atoms with Gasteiger partial charge in [-0.25, -0.2) is 4.98 Å². The van der Waals surface area contributed by atoms with Gasteiger partial charge in [-0.1, -0.05) is 6.92 Å². The summed E-state index contributed by atoms with van der Waals surface area (Å²) in [4.78, 5) is 4.84. The highest BCUT2D eigenvalue weighted by atomic mass is 32.2. The maximum Gasteiger partial charge on any atom is 0.113 e. The average Bonchev–Trinajstić information content (AvgIpc) is 3.17. The molecule has 0 aliphatic heterocycles. The largest absolute Gasteiger partial charge is 0.399 e. The Morgan fingerprint density at radius 2 is 2.26 bits per heavy atom. The zero-order valence-corrected chi connectivity index (χ0v) is 12.4. The second-order valence-corrected chi connectivity index (χ2v) is 6.69. The standard InChI is InChI=1S/C15H21N3S/c1-3-19-9-10(2)18-14-7-6-12(16)8-13(14)17-15(18)11-4-5-11/h6-8,10-11H,3-5,9,16H2,1-2H3. The van der Waals surface area contributed by atoms with Crippen LogP contribution in [0.15, 0.2) is 18.2 Å². The number of thioether (sulfide) groups is 1. The molecule has 1 aromatic carbocycles. The number of fused-ring (bicyclic) bond motifs is 1. The summed E-state index contributed by atoms with van der Waals surface area (Å²) in [6.07, 6.45) is 2.57. The molecule has 1 fully saturated rings. The van der Waals surface area contributed by atoms with Crippen molar-refractivity contribution in [3.05, 3.63) is 24.0 Å². The topological polar surface area (TPSA) is 43.8 Å². The number of nitrogens with two attached hydrogens (primary N) is 1. The quantitative estimate of drug-likeness (QED) is 0.844. The lowest BCUT2D eigenvalue weighted by atomic mass is 10.2. The number of hydrogen-bond acceptors (Lipinski definition) is 3.